The summed E-state index contributed by atoms with van der Waals surface area (Å²) in [6.07, 6.45) is 0. The Morgan fingerprint density at radius 3 is 2.53 bits per heavy atom. The molecule has 1 aromatic carbocycles. The third-order valence-electron chi connectivity index (χ3n) is 3.68. The third-order valence-corrected chi connectivity index (χ3v) is 3.68. The van der Waals surface area contributed by atoms with Crippen molar-refractivity contribution in [1.29, 1.82) is 0 Å². The summed E-state index contributed by atoms with van der Waals surface area (Å²) in [6.45, 7) is 10.2. The van der Waals surface area contributed by atoms with Crippen LogP contribution in [0.1, 0.15) is 37.9 Å². The van der Waals surface area contributed by atoms with Gasteiger partial charge in [-0.1, -0.05) is 50.6 Å². The molecule has 0 aromatic heterocycles. The van der Waals surface area contributed by atoms with Gasteiger partial charge >= 0.3 is 0 Å². The Labute approximate surface area is 115 Å². The first-order valence-corrected chi connectivity index (χ1v) is 6.95. The average molecular weight is 260 g/mol. The molecule has 1 heterocycles. The second kappa shape index (κ2) is 5.33. The van der Waals surface area contributed by atoms with E-state index in [2.05, 4.69) is 62.6 Å². The van der Waals surface area contributed by atoms with Crippen molar-refractivity contribution in [3.8, 4) is 0 Å². The Morgan fingerprint density at radius 2 is 2.05 bits per heavy atom. The maximum Gasteiger partial charge on any atom is 0.226 e. The number of hydrogen-bond donors (Lipinski definition) is 2. The summed E-state index contributed by atoms with van der Waals surface area (Å²) in [6, 6.07) is 8.46. The molecule has 1 amide bonds. The number of carbonyl (C=O) groups excluding carboxylic acids is 1. The number of rotatable bonds is 3. The van der Waals surface area contributed by atoms with Crippen LogP contribution in [0.25, 0.3) is 0 Å². The Hall–Kier alpha value is -1.35. The van der Waals surface area contributed by atoms with Gasteiger partial charge < -0.3 is 10.6 Å². The van der Waals surface area contributed by atoms with Crippen LogP contribution in [-0.4, -0.2) is 19.0 Å². The summed E-state index contributed by atoms with van der Waals surface area (Å²) >= 11 is 0. The number of amides is 1. The van der Waals surface area contributed by atoms with Crippen molar-refractivity contribution in [1.82, 2.24) is 10.6 Å². The molecule has 0 saturated carbocycles. The Morgan fingerprint density at radius 1 is 1.37 bits per heavy atom. The predicted molar refractivity (Wildman–Crippen MR) is 77.9 cm³/mol. The molecule has 0 bridgehead atoms. The number of carbonyl (C=O) groups is 1. The zero-order chi connectivity index (χ0) is 14.0. The topological polar surface area (TPSA) is 41.1 Å². The van der Waals surface area contributed by atoms with Crippen molar-refractivity contribution in [2.24, 2.45) is 11.3 Å². The van der Waals surface area contributed by atoms with Crippen molar-refractivity contribution in [3.63, 3.8) is 0 Å². The third kappa shape index (κ3) is 3.35. The standard InChI is InChI=1S/C16H24N2O/c1-11-6-5-7-12(8-11)14(16(2,3)4)18-15(19)13-9-17-10-13/h5-8,13-14,17H,9-10H2,1-4H3,(H,18,19). The first-order chi connectivity index (χ1) is 8.88. The summed E-state index contributed by atoms with van der Waals surface area (Å²) in [5.74, 6) is 0.301. The van der Waals surface area contributed by atoms with Gasteiger partial charge in [0.25, 0.3) is 0 Å². The predicted octanol–water partition coefficient (Wildman–Crippen LogP) is 2.42. The molecule has 1 fully saturated rings. The normalized spacial score (nSPS) is 17.7. The van der Waals surface area contributed by atoms with E-state index in [9.17, 15) is 4.79 Å². The molecule has 19 heavy (non-hydrogen) atoms. The van der Waals surface area contributed by atoms with Gasteiger partial charge in [-0.05, 0) is 17.9 Å². The molecule has 3 nitrogen and oxygen atoms in total. The number of benzene rings is 1. The van der Waals surface area contributed by atoms with Gasteiger partial charge in [-0.15, -0.1) is 0 Å². The lowest BCUT2D eigenvalue weighted by Crippen LogP contribution is -2.52. The monoisotopic (exact) mass is 260 g/mol. The van der Waals surface area contributed by atoms with Crippen molar-refractivity contribution in [2.75, 3.05) is 13.1 Å². The van der Waals surface area contributed by atoms with E-state index in [1.54, 1.807) is 0 Å². The van der Waals surface area contributed by atoms with Crippen LogP contribution in [-0.2, 0) is 4.79 Å². The van der Waals surface area contributed by atoms with E-state index in [-0.39, 0.29) is 23.3 Å². The molecule has 0 aliphatic carbocycles. The fourth-order valence-corrected chi connectivity index (χ4v) is 2.38. The van der Waals surface area contributed by atoms with Gasteiger partial charge in [0.2, 0.25) is 5.91 Å². The van der Waals surface area contributed by atoms with Crippen LogP contribution in [0.4, 0.5) is 0 Å². The van der Waals surface area contributed by atoms with Crippen molar-refractivity contribution in [3.05, 3.63) is 35.4 Å². The van der Waals surface area contributed by atoms with Crippen LogP contribution in [0.3, 0.4) is 0 Å². The van der Waals surface area contributed by atoms with Crippen LogP contribution in [0.5, 0.6) is 0 Å². The van der Waals surface area contributed by atoms with Gasteiger partial charge in [0.05, 0.1) is 12.0 Å². The maximum absolute atomic E-state index is 12.2. The molecule has 1 unspecified atom stereocenters. The minimum atomic E-state index is 0.000624. The fourth-order valence-electron chi connectivity index (χ4n) is 2.38. The summed E-state index contributed by atoms with van der Waals surface area (Å²) in [5.41, 5.74) is 2.42. The molecule has 3 heteroatoms. The van der Waals surface area contributed by atoms with Gasteiger partial charge in [0.15, 0.2) is 0 Å². The van der Waals surface area contributed by atoms with E-state index >= 15 is 0 Å². The minimum absolute atomic E-state index is 0.000624. The van der Waals surface area contributed by atoms with E-state index in [0.717, 1.165) is 13.1 Å². The molecule has 104 valence electrons. The smallest absolute Gasteiger partial charge is 0.226 e. The van der Waals surface area contributed by atoms with Gasteiger partial charge in [-0.2, -0.15) is 0 Å². The lowest BCUT2D eigenvalue weighted by molar-refractivity contribution is -0.128. The molecule has 1 saturated heterocycles. The van der Waals surface area contributed by atoms with E-state index in [1.807, 2.05) is 0 Å². The molecule has 1 aliphatic heterocycles. The molecule has 0 radical (unpaired) electrons. The molecular weight excluding hydrogens is 236 g/mol. The lowest BCUT2D eigenvalue weighted by atomic mass is 9.81. The van der Waals surface area contributed by atoms with Crippen molar-refractivity contribution >= 4 is 5.91 Å². The minimum Gasteiger partial charge on any atom is -0.348 e. The van der Waals surface area contributed by atoms with Gasteiger partial charge in [-0.3, -0.25) is 4.79 Å². The largest absolute Gasteiger partial charge is 0.348 e. The highest BCUT2D eigenvalue weighted by Crippen LogP contribution is 2.33. The second-order valence-electron chi connectivity index (χ2n) is 6.58. The van der Waals surface area contributed by atoms with E-state index in [4.69, 9.17) is 0 Å². The summed E-state index contributed by atoms with van der Waals surface area (Å²) < 4.78 is 0. The highest BCUT2D eigenvalue weighted by Gasteiger charge is 2.32. The van der Waals surface area contributed by atoms with Crippen LogP contribution in [0.15, 0.2) is 24.3 Å². The summed E-state index contributed by atoms with van der Waals surface area (Å²) in [4.78, 5) is 12.2. The molecule has 1 atom stereocenters. The van der Waals surface area contributed by atoms with Crippen molar-refractivity contribution < 1.29 is 4.79 Å². The Kier molecular flexibility index (Phi) is 3.95. The lowest BCUT2D eigenvalue weighted by Gasteiger charge is -2.35. The average Bonchev–Trinajstić information content (AvgIpc) is 2.21. The number of hydrogen-bond acceptors (Lipinski definition) is 2. The van der Waals surface area contributed by atoms with Crippen LogP contribution in [0, 0.1) is 18.3 Å². The molecule has 2 N–H and O–H groups in total. The Balaban J connectivity index is 2.18. The number of aryl methyl sites for hydroxylation is 1. The first kappa shape index (κ1) is 14.1. The molecular formula is C16H24N2O. The summed E-state index contributed by atoms with van der Waals surface area (Å²) in [7, 11) is 0. The van der Waals surface area contributed by atoms with Crippen LogP contribution in [0.2, 0.25) is 0 Å². The SMILES string of the molecule is Cc1cccc(C(NC(=O)C2CNC2)C(C)(C)C)c1. The molecule has 1 aliphatic rings. The molecule has 0 spiro atoms. The second-order valence-corrected chi connectivity index (χ2v) is 6.58. The number of nitrogens with one attached hydrogen (secondary N) is 2. The summed E-state index contributed by atoms with van der Waals surface area (Å²) in [5, 5.41) is 6.37. The van der Waals surface area contributed by atoms with Gasteiger partial charge in [-0.25, -0.2) is 0 Å². The van der Waals surface area contributed by atoms with E-state index in [0.29, 0.717) is 0 Å². The van der Waals surface area contributed by atoms with E-state index in [1.165, 1.54) is 11.1 Å². The van der Waals surface area contributed by atoms with Crippen LogP contribution >= 0.6 is 0 Å². The van der Waals surface area contributed by atoms with Crippen molar-refractivity contribution in [2.45, 2.75) is 33.7 Å². The zero-order valence-electron chi connectivity index (χ0n) is 12.3. The molecule has 2 rings (SSSR count). The molecule has 1 aromatic rings. The van der Waals surface area contributed by atoms with E-state index < -0.39 is 0 Å². The first-order valence-electron chi connectivity index (χ1n) is 6.95. The zero-order valence-corrected chi connectivity index (χ0v) is 12.3. The maximum atomic E-state index is 12.2. The quantitative estimate of drug-likeness (QED) is 0.876. The van der Waals surface area contributed by atoms with Gasteiger partial charge in [0, 0.05) is 13.1 Å². The van der Waals surface area contributed by atoms with Gasteiger partial charge in [0.1, 0.15) is 0 Å². The fraction of sp³-hybridized carbons (Fsp3) is 0.562. The Bertz CT molecular complexity index is 458. The van der Waals surface area contributed by atoms with Crippen LogP contribution < -0.4 is 10.6 Å². The highest BCUT2D eigenvalue weighted by molar-refractivity contribution is 5.80. The highest BCUT2D eigenvalue weighted by atomic mass is 16.2.